The van der Waals surface area contributed by atoms with Gasteiger partial charge in [-0.1, -0.05) is 6.07 Å². The summed E-state index contributed by atoms with van der Waals surface area (Å²) in [7, 11) is -3.40. The summed E-state index contributed by atoms with van der Waals surface area (Å²) < 4.78 is 34.3. The Balaban J connectivity index is 2.21. The van der Waals surface area contributed by atoms with Crippen molar-refractivity contribution < 1.29 is 12.6 Å². The standard InChI is InChI=1S/C8H8N2O3S2/c1-15(11,12)13-5-6-2-3-7-8(4-6)10-14-9-7/h2-4H,5H2,1H3. The first-order valence-corrected chi connectivity index (χ1v) is 6.65. The molecule has 0 fully saturated rings. The average molecular weight is 244 g/mol. The van der Waals surface area contributed by atoms with E-state index >= 15 is 0 Å². The summed E-state index contributed by atoms with van der Waals surface area (Å²) in [5.41, 5.74) is 2.33. The lowest BCUT2D eigenvalue weighted by Crippen LogP contribution is -2.02. The molecule has 80 valence electrons. The van der Waals surface area contributed by atoms with E-state index in [1.165, 1.54) is 0 Å². The predicted octanol–water partition coefficient (Wildman–Crippen LogP) is 1.17. The van der Waals surface area contributed by atoms with Gasteiger partial charge in [0.1, 0.15) is 11.0 Å². The minimum Gasteiger partial charge on any atom is -0.265 e. The van der Waals surface area contributed by atoms with Crippen LogP contribution in [-0.4, -0.2) is 23.4 Å². The molecule has 2 aromatic rings. The van der Waals surface area contributed by atoms with E-state index in [9.17, 15) is 8.42 Å². The summed E-state index contributed by atoms with van der Waals surface area (Å²) >= 11 is 1.13. The second-order valence-electron chi connectivity index (χ2n) is 3.05. The van der Waals surface area contributed by atoms with Crippen LogP contribution in [0.15, 0.2) is 18.2 Å². The van der Waals surface area contributed by atoms with E-state index < -0.39 is 10.1 Å². The molecular weight excluding hydrogens is 236 g/mol. The van der Waals surface area contributed by atoms with Gasteiger partial charge < -0.3 is 0 Å². The molecule has 0 aliphatic heterocycles. The fraction of sp³-hybridized carbons (Fsp3) is 0.250. The zero-order valence-electron chi connectivity index (χ0n) is 7.87. The molecule has 0 unspecified atom stereocenters. The average Bonchev–Trinajstić information content (AvgIpc) is 2.60. The number of hydrogen-bond donors (Lipinski definition) is 0. The highest BCUT2D eigenvalue weighted by Crippen LogP contribution is 2.14. The van der Waals surface area contributed by atoms with Crippen molar-refractivity contribution in [3.05, 3.63) is 23.8 Å². The molecule has 0 amide bonds. The lowest BCUT2D eigenvalue weighted by molar-refractivity contribution is 0.312. The normalized spacial score (nSPS) is 12.1. The number of rotatable bonds is 3. The van der Waals surface area contributed by atoms with Crippen LogP contribution >= 0.6 is 11.7 Å². The number of fused-ring (bicyclic) bond motifs is 1. The summed E-state index contributed by atoms with van der Waals surface area (Å²) in [6.45, 7) is 0.0340. The van der Waals surface area contributed by atoms with Gasteiger partial charge in [-0.3, -0.25) is 4.18 Å². The van der Waals surface area contributed by atoms with E-state index in [1.807, 2.05) is 0 Å². The van der Waals surface area contributed by atoms with Crippen molar-refractivity contribution in [1.82, 2.24) is 8.75 Å². The van der Waals surface area contributed by atoms with Gasteiger partial charge in [0.15, 0.2) is 0 Å². The van der Waals surface area contributed by atoms with Gasteiger partial charge in [0.2, 0.25) is 0 Å². The molecule has 0 atom stereocenters. The van der Waals surface area contributed by atoms with Crippen molar-refractivity contribution in [2.45, 2.75) is 6.61 Å². The topological polar surface area (TPSA) is 69.2 Å². The van der Waals surface area contributed by atoms with Crippen LogP contribution in [0.1, 0.15) is 5.56 Å². The molecule has 0 aliphatic rings. The molecule has 0 bridgehead atoms. The van der Waals surface area contributed by atoms with Crippen LogP contribution in [0.2, 0.25) is 0 Å². The maximum atomic E-state index is 10.8. The van der Waals surface area contributed by atoms with Crippen molar-refractivity contribution >= 4 is 32.9 Å². The highest BCUT2D eigenvalue weighted by molar-refractivity contribution is 7.85. The molecule has 7 heteroatoms. The van der Waals surface area contributed by atoms with Gasteiger partial charge in [-0.25, -0.2) is 0 Å². The summed E-state index contributed by atoms with van der Waals surface area (Å²) in [6, 6.07) is 5.33. The van der Waals surface area contributed by atoms with Gasteiger partial charge in [-0.05, 0) is 17.7 Å². The summed E-state index contributed by atoms with van der Waals surface area (Å²) in [6.07, 6.45) is 1.02. The van der Waals surface area contributed by atoms with Crippen LogP contribution in [0.25, 0.3) is 11.0 Å². The molecule has 15 heavy (non-hydrogen) atoms. The third kappa shape index (κ3) is 2.71. The Bertz CT molecular complexity index is 576. The van der Waals surface area contributed by atoms with Gasteiger partial charge in [-0.2, -0.15) is 17.2 Å². The van der Waals surface area contributed by atoms with Crippen LogP contribution in [0.4, 0.5) is 0 Å². The fourth-order valence-corrected chi connectivity index (χ4v) is 1.96. The first-order valence-electron chi connectivity index (χ1n) is 4.10. The van der Waals surface area contributed by atoms with Crippen molar-refractivity contribution in [2.24, 2.45) is 0 Å². The minimum absolute atomic E-state index is 0.0340. The summed E-state index contributed by atoms with van der Waals surface area (Å²) in [5.74, 6) is 0. The smallest absolute Gasteiger partial charge is 0.264 e. The van der Waals surface area contributed by atoms with Crippen LogP contribution in [0.5, 0.6) is 0 Å². The number of hydrogen-bond acceptors (Lipinski definition) is 6. The van der Waals surface area contributed by atoms with Crippen LogP contribution in [0.3, 0.4) is 0 Å². The van der Waals surface area contributed by atoms with Gasteiger partial charge in [-0.15, -0.1) is 0 Å². The van der Waals surface area contributed by atoms with Crippen LogP contribution in [-0.2, 0) is 20.9 Å². The Hall–Kier alpha value is -1.05. The van der Waals surface area contributed by atoms with E-state index in [4.69, 9.17) is 0 Å². The number of nitrogens with zero attached hydrogens (tertiary/aromatic N) is 2. The molecule has 0 N–H and O–H groups in total. The maximum absolute atomic E-state index is 10.8. The second kappa shape index (κ2) is 3.84. The van der Waals surface area contributed by atoms with E-state index in [-0.39, 0.29) is 6.61 Å². The molecule has 0 radical (unpaired) electrons. The zero-order valence-corrected chi connectivity index (χ0v) is 9.51. The zero-order chi connectivity index (χ0) is 10.9. The van der Waals surface area contributed by atoms with Gasteiger partial charge >= 0.3 is 0 Å². The Morgan fingerprint density at radius 3 is 2.80 bits per heavy atom. The molecule has 0 aliphatic carbocycles. The largest absolute Gasteiger partial charge is 0.265 e. The number of aromatic nitrogens is 2. The Kier molecular flexibility index (Phi) is 2.68. The monoisotopic (exact) mass is 244 g/mol. The fourth-order valence-electron chi connectivity index (χ4n) is 1.09. The molecule has 0 saturated carbocycles. The van der Waals surface area contributed by atoms with Crippen molar-refractivity contribution in [1.29, 1.82) is 0 Å². The second-order valence-corrected chi connectivity index (χ2v) is 5.23. The molecule has 2 rings (SSSR count). The van der Waals surface area contributed by atoms with Crippen LogP contribution < -0.4 is 0 Å². The molecule has 1 aromatic heterocycles. The van der Waals surface area contributed by atoms with E-state index in [2.05, 4.69) is 12.9 Å². The van der Waals surface area contributed by atoms with E-state index in [1.54, 1.807) is 18.2 Å². The Morgan fingerprint density at radius 2 is 2.07 bits per heavy atom. The first kappa shape index (κ1) is 10.5. The Labute approximate surface area is 91.2 Å². The first-order chi connectivity index (χ1) is 7.04. The van der Waals surface area contributed by atoms with Crippen molar-refractivity contribution in [3.63, 3.8) is 0 Å². The molecule has 0 spiro atoms. The molecule has 5 nitrogen and oxygen atoms in total. The van der Waals surface area contributed by atoms with Gasteiger partial charge in [0.05, 0.1) is 24.6 Å². The molecule has 1 heterocycles. The van der Waals surface area contributed by atoms with Gasteiger partial charge in [0.25, 0.3) is 10.1 Å². The molecular formula is C8H8N2O3S2. The van der Waals surface area contributed by atoms with Crippen molar-refractivity contribution in [2.75, 3.05) is 6.26 Å². The lowest BCUT2D eigenvalue weighted by atomic mass is 10.2. The summed E-state index contributed by atoms with van der Waals surface area (Å²) in [5, 5.41) is 0. The Morgan fingerprint density at radius 1 is 1.33 bits per heavy atom. The van der Waals surface area contributed by atoms with E-state index in [0.717, 1.165) is 34.6 Å². The van der Waals surface area contributed by atoms with E-state index in [0.29, 0.717) is 0 Å². The molecule has 0 saturated heterocycles. The number of benzene rings is 1. The SMILES string of the molecule is CS(=O)(=O)OCc1ccc2nsnc2c1. The molecule has 1 aromatic carbocycles. The van der Waals surface area contributed by atoms with Gasteiger partial charge in [0, 0.05) is 0 Å². The highest BCUT2D eigenvalue weighted by atomic mass is 32.2. The third-order valence-corrected chi connectivity index (χ3v) is 2.86. The quantitative estimate of drug-likeness (QED) is 0.758. The van der Waals surface area contributed by atoms with Crippen molar-refractivity contribution in [3.8, 4) is 0 Å². The predicted molar refractivity (Wildman–Crippen MR) is 57.0 cm³/mol. The summed E-state index contributed by atoms with van der Waals surface area (Å²) in [4.78, 5) is 0. The maximum Gasteiger partial charge on any atom is 0.264 e. The lowest BCUT2D eigenvalue weighted by Gasteiger charge is -2.00. The minimum atomic E-state index is -3.40. The van der Waals surface area contributed by atoms with Crippen LogP contribution in [0, 0.1) is 0 Å². The third-order valence-electron chi connectivity index (χ3n) is 1.76. The highest BCUT2D eigenvalue weighted by Gasteiger charge is 2.04.